The number of unbranched alkanes of at least 4 members (excludes halogenated alkanes) is 5. The first-order valence-corrected chi connectivity index (χ1v) is 10.7. The molecule has 1 aromatic carbocycles. The third-order valence-corrected chi connectivity index (χ3v) is 4.99. The van der Waals surface area contributed by atoms with Crippen LogP contribution in [0.4, 0.5) is 0 Å². The highest BCUT2D eigenvalue weighted by molar-refractivity contribution is 7.99. The van der Waals surface area contributed by atoms with Gasteiger partial charge in [-0.2, -0.15) is 0 Å². The van der Waals surface area contributed by atoms with E-state index in [0.29, 0.717) is 12.4 Å². The van der Waals surface area contributed by atoms with Gasteiger partial charge in [-0.3, -0.25) is 4.79 Å². The third-order valence-electron chi connectivity index (χ3n) is 4.01. The first kappa shape index (κ1) is 23.3. The molecule has 4 nitrogen and oxygen atoms in total. The first-order valence-electron chi connectivity index (χ1n) is 9.73. The molecule has 1 aromatic rings. The summed E-state index contributed by atoms with van der Waals surface area (Å²) in [6.45, 7) is 8.55. The van der Waals surface area contributed by atoms with Crippen LogP contribution in [0, 0.1) is 6.92 Å². The molecule has 0 aliphatic heterocycles. The maximum atomic E-state index is 11.9. The Morgan fingerprint density at radius 3 is 2.33 bits per heavy atom. The summed E-state index contributed by atoms with van der Waals surface area (Å²) >= 11 is 1.62. The molecule has 0 spiro atoms. The van der Waals surface area contributed by atoms with Crippen LogP contribution < -0.4 is 0 Å². The Labute approximate surface area is 167 Å². The second-order valence-electron chi connectivity index (χ2n) is 6.57. The molecule has 5 heteroatoms. The molecule has 0 unspecified atom stereocenters. The number of carbonyl (C=O) groups excluding carboxylic acids is 2. The zero-order valence-electron chi connectivity index (χ0n) is 16.6. The van der Waals surface area contributed by atoms with E-state index < -0.39 is 11.9 Å². The fourth-order valence-corrected chi connectivity index (χ4v) is 3.13. The van der Waals surface area contributed by atoms with Crippen molar-refractivity contribution in [2.75, 3.05) is 19.0 Å². The van der Waals surface area contributed by atoms with E-state index in [1.165, 1.54) is 31.2 Å². The molecule has 0 aromatic heterocycles. The minimum atomic E-state index is -0.531. The number of ether oxygens (including phenoxy) is 2. The lowest BCUT2D eigenvalue weighted by atomic mass is 10.1. The van der Waals surface area contributed by atoms with E-state index in [4.69, 9.17) is 9.47 Å². The Bertz CT molecular complexity index is 580. The molecule has 150 valence electrons. The van der Waals surface area contributed by atoms with E-state index in [2.05, 4.69) is 13.5 Å². The van der Waals surface area contributed by atoms with Crippen molar-refractivity contribution in [2.45, 2.75) is 63.7 Å². The summed E-state index contributed by atoms with van der Waals surface area (Å²) in [6.07, 6.45) is 6.70. The van der Waals surface area contributed by atoms with Crippen LogP contribution >= 0.6 is 11.8 Å². The van der Waals surface area contributed by atoms with Gasteiger partial charge in [-0.15, -0.1) is 11.8 Å². The molecule has 0 amide bonds. The van der Waals surface area contributed by atoms with Crippen LogP contribution in [0.3, 0.4) is 0 Å². The van der Waals surface area contributed by atoms with Crippen LogP contribution in [0.1, 0.15) is 57.4 Å². The summed E-state index contributed by atoms with van der Waals surface area (Å²) in [5.41, 5.74) is 1.36. The summed E-state index contributed by atoms with van der Waals surface area (Å²) in [4.78, 5) is 24.7. The SMILES string of the molecule is C=C(CC(=O)OCCCCCCCC)C(=O)OCCSc1ccc(C)cc1. The van der Waals surface area contributed by atoms with Gasteiger partial charge in [0.1, 0.15) is 6.61 Å². The van der Waals surface area contributed by atoms with Gasteiger partial charge in [0.05, 0.1) is 13.0 Å². The highest BCUT2D eigenvalue weighted by Gasteiger charge is 2.14. The molecule has 0 fully saturated rings. The molecule has 0 radical (unpaired) electrons. The van der Waals surface area contributed by atoms with Crippen LogP contribution in [0.25, 0.3) is 0 Å². The van der Waals surface area contributed by atoms with Crippen LogP contribution in [0.2, 0.25) is 0 Å². The quantitative estimate of drug-likeness (QED) is 0.182. The van der Waals surface area contributed by atoms with Gasteiger partial charge in [0, 0.05) is 16.2 Å². The van der Waals surface area contributed by atoms with Gasteiger partial charge in [0.25, 0.3) is 0 Å². The number of esters is 2. The largest absolute Gasteiger partial charge is 0.465 e. The Morgan fingerprint density at radius 2 is 1.63 bits per heavy atom. The normalized spacial score (nSPS) is 10.4. The number of rotatable bonds is 14. The van der Waals surface area contributed by atoms with Gasteiger partial charge < -0.3 is 9.47 Å². The standard InChI is InChI=1S/C22H32O4S/c1-4-5-6-7-8-9-14-25-21(23)17-19(3)22(24)26-15-16-27-20-12-10-18(2)11-13-20/h10-13H,3-9,14-17H2,1-2H3. The number of hydrogen-bond acceptors (Lipinski definition) is 5. The van der Waals surface area contributed by atoms with Gasteiger partial charge in [-0.1, -0.05) is 63.3 Å². The monoisotopic (exact) mass is 392 g/mol. The smallest absolute Gasteiger partial charge is 0.334 e. The summed E-state index contributed by atoms with van der Waals surface area (Å²) < 4.78 is 10.3. The molecule has 1 rings (SSSR count). The predicted molar refractivity (Wildman–Crippen MR) is 111 cm³/mol. The van der Waals surface area contributed by atoms with Gasteiger partial charge in [0.15, 0.2) is 0 Å². The average Bonchev–Trinajstić information content (AvgIpc) is 2.65. The Balaban J connectivity index is 2.08. The number of aryl methyl sites for hydroxylation is 1. The first-order chi connectivity index (χ1) is 13.0. The summed E-state index contributed by atoms with van der Waals surface area (Å²) in [6, 6.07) is 8.18. The molecule has 0 N–H and O–H groups in total. The van der Waals surface area contributed by atoms with Gasteiger partial charge in [-0.05, 0) is 25.5 Å². The van der Waals surface area contributed by atoms with Crippen LogP contribution in [-0.2, 0) is 19.1 Å². The lowest BCUT2D eigenvalue weighted by Gasteiger charge is -2.08. The Kier molecular flexibility index (Phi) is 12.4. The van der Waals surface area contributed by atoms with Crippen molar-refractivity contribution < 1.29 is 19.1 Å². The zero-order chi connectivity index (χ0) is 19.9. The molecular weight excluding hydrogens is 360 g/mol. The van der Waals surface area contributed by atoms with E-state index >= 15 is 0 Å². The molecule has 0 saturated heterocycles. The molecular formula is C22H32O4S. The van der Waals surface area contributed by atoms with E-state index in [9.17, 15) is 9.59 Å². The second kappa shape index (κ2) is 14.3. The van der Waals surface area contributed by atoms with Crippen molar-refractivity contribution in [3.05, 3.63) is 42.0 Å². The Morgan fingerprint density at radius 1 is 0.963 bits per heavy atom. The maximum absolute atomic E-state index is 11.9. The van der Waals surface area contributed by atoms with Gasteiger partial charge in [-0.25, -0.2) is 4.79 Å². The lowest BCUT2D eigenvalue weighted by Crippen LogP contribution is -2.14. The van der Waals surface area contributed by atoms with Crippen molar-refractivity contribution in [1.29, 1.82) is 0 Å². The molecule has 0 aliphatic carbocycles. The Hall–Kier alpha value is -1.75. The van der Waals surface area contributed by atoms with Crippen LogP contribution in [0.15, 0.2) is 41.3 Å². The second-order valence-corrected chi connectivity index (χ2v) is 7.73. The van der Waals surface area contributed by atoms with Crippen molar-refractivity contribution in [3.63, 3.8) is 0 Å². The highest BCUT2D eigenvalue weighted by Crippen LogP contribution is 2.18. The molecule has 0 aliphatic rings. The van der Waals surface area contributed by atoms with E-state index in [-0.39, 0.29) is 18.6 Å². The molecule has 0 bridgehead atoms. The molecule has 27 heavy (non-hydrogen) atoms. The molecule has 0 saturated carbocycles. The topological polar surface area (TPSA) is 52.6 Å². The fraction of sp³-hybridized carbons (Fsp3) is 0.545. The summed E-state index contributed by atoms with van der Waals surface area (Å²) in [5, 5.41) is 0. The predicted octanol–water partition coefficient (Wildman–Crippen LogP) is 5.48. The van der Waals surface area contributed by atoms with Gasteiger partial charge >= 0.3 is 11.9 Å². The number of benzene rings is 1. The van der Waals surface area contributed by atoms with E-state index in [1.807, 2.05) is 31.2 Å². The number of hydrogen-bond donors (Lipinski definition) is 0. The minimum Gasteiger partial charge on any atom is -0.465 e. The minimum absolute atomic E-state index is 0.111. The zero-order valence-corrected chi connectivity index (χ0v) is 17.4. The summed E-state index contributed by atoms with van der Waals surface area (Å²) in [5.74, 6) is -0.291. The average molecular weight is 393 g/mol. The van der Waals surface area contributed by atoms with E-state index in [0.717, 1.165) is 17.7 Å². The van der Waals surface area contributed by atoms with Crippen molar-refractivity contribution in [3.8, 4) is 0 Å². The van der Waals surface area contributed by atoms with Crippen molar-refractivity contribution in [2.24, 2.45) is 0 Å². The lowest BCUT2D eigenvalue weighted by molar-refractivity contribution is -0.146. The van der Waals surface area contributed by atoms with Crippen molar-refractivity contribution in [1.82, 2.24) is 0 Å². The highest BCUT2D eigenvalue weighted by atomic mass is 32.2. The van der Waals surface area contributed by atoms with Crippen LogP contribution in [0.5, 0.6) is 0 Å². The number of thioether (sulfide) groups is 1. The van der Waals surface area contributed by atoms with Gasteiger partial charge in [0.2, 0.25) is 0 Å². The summed E-state index contributed by atoms with van der Waals surface area (Å²) in [7, 11) is 0. The maximum Gasteiger partial charge on any atom is 0.334 e. The van der Waals surface area contributed by atoms with Crippen molar-refractivity contribution >= 4 is 23.7 Å². The molecule has 0 atom stereocenters. The van der Waals surface area contributed by atoms with E-state index in [1.54, 1.807) is 11.8 Å². The third kappa shape index (κ3) is 11.5. The molecule has 0 heterocycles. The number of carbonyl (C=O) groups is 2. The fourth-order valence-electron chi connectivity index (χ4n) is 2.40. The van der Waals surface area contributed by atoms with Crippen LogP contribution in [-0.4, -0.2) is 30.9 Å².